The van der Waals surface area contributed by atoms with Crippen LogP contribution < -0.4 is 21.6 Å². The summed E-state index contributed by atoms with van der Waals surface area (Å²) in [5.41, 5.74) is 8.55. The molecule has 0 spiro atoms. The molecule has 3 fully saturated rings. The number of piperazine rings is 1. The predicted octanol–water partition coefficient (Wildman–Crippen LogP) is 0.565. The molecule has 0 unspecified atom stereocenters. The summed E-state index contributed by atoms with van der Waals surface area (Å²) in [5, 5.41) is 3.31. The molecule has 1 aliphatic heterocycles. The molecule has 2 aliphatic carbocycles. The molecular formula is C21H28N6O. The van der Waals surface area contributed by atoms with E-state index in [1.807, 2.05) is 24.4 Å². The minimum Gasteiger partial charge on any atom is -0.354 e. The van der Waals surface area contributed by atoms with Crippen LogP contribution >= 0.6 is 0 Å². The fourth-order valence-electron chi connectivity index (χ4n) is 4.84. The number of anilines is 1. The number of nitrogens with one attached hydrogen (secondary N) is 1. The molecule has 0 radical (unpaired) electrons. The maximum absolute atomic E-state index is 12.5. The summed E-state index contributed by atoms with van der Waals surface area (Å²) in [6.45, 7) is 5.33. The molecule has 28 heavy (non-hydrogen) atoms. The molecule has 2 aromatic rings. The van der Waals surface area contributed by atoms with Crippen LogP contribution in [0.3, 0.4) is 0 Å². The second-order valence-electron chi connectivity index (χ2n) is 8.57. The number of nitrogens with zero attached hydrogens (tertiary/aromatic N) is 4. The first-order chi connectivity index (χ1) is 13.6. The average molecular weight is 380 g/mol. The lowest BCUT2D eigenvalue weighted by atomic mass is 10.2. The minimum absolute atomic E-state index is 0.233. The van der Waals surface area contributed by atoms with Crippen LogP contribution in [0.15, 0.2) is 41.3 Å². The van der Waals surface area contributed by atoms with E-state index in [9.17, 15) is 4.79 Å². The first-order valence-corrected chi connectivity index (χ1v) is 10.1. The van der Waals surface area contributed by atoms with Gasteiger partial charge < -0.3 is 16.0 Å². The molecule has 5 rings (SSSR count). The Kier molecular flexibility index (Phi) is 4.08. The Morgan fingerprint density at radius 3 is 2.50 bits per heavy atom. The quantitative estimate of drug-likeness (QED) is 0.763. The average Bonchev–Trinajstić information content (AvgIpc) is 3.57. The maximum Gasteiger partial charge on any atom is 0.354 e. The van der Waals surface area contributed by atoms with Crippen molar-refractivity contribution in [2.45, 2.75) is 24.9 Å². The number of rotatable bonds is 6. The van der Waals surface area contributed by atoms with E-state index in [0.29, 0.717) is 11.0 Å². The zero-order valence-electron chi connectivity index (χ0n) is 16.4. The molecule has 2 heterocycles. The van der Waals surface area contributed by atoms with Crippen molar-refractivity contribution in [3.8, 4) is 5.69 Å². The molecule has 148 valence electrons. The highest BCUT2D eigenvalue weighted by Gasteiger charge is 2.83. The van der Waals surface area contributed by atoms with Crippen LogP contribution in [0.25, 0.3) is 5.69 Å². The summed E-state index contributed by atoms with van der Waals surface area (Å²) in [5.74, 6) is 0.762. The number of nitrogens with two attached hydrogens (primary N) is 1. The maximum atomic E-state index is 12.5. The Hall–Kier alpha value is -2.22. The van der Waals surface area contributed by atoms with E-state index in [4.69, 9.17) is 5.73 Å². The highest BCUT2D eigenvalue weighted by molar-refractivity contribution is 5.42. The topological polar surface area (TPSA) is 79.4 Å². The van der Waals surface area contributed by atoms with E-state index in [0.717, 1.165) is 50.8 Å². The van der Waals surface area contributed by atoms with Crippen molar-refractivity contribution in [3.05, 3.63) is 52.6 Å². The SMILES string of the molecule is CN(Cc1ccc(-n2ccc(N3CCNCC3)nc2=O)cc1)C12CC1(CN)C2. The van der Waals surface area contributed by atoms with Gasteiger partial charge in [-0.15, -0.1) is 0 Å². The van der Waals surface area contributed by atoms with E-state index in [2.05, 4.69) is 39.3 Å². The lowest BCUT2D eigenvalue weighted by molar-refractivity contribution is 0.263. The largest absolute Gasteiger partial charge is 0.354 e. The highest BCUT2D eigenvalue weighted by atomic mass is 16.1. The molecule has 3 aliphatic rings. The van der Waals surface area contributed by atoms with Crippen LogP contribution in [-0.4, -0.2) is 59.8 Å². The van der Waals surface area contributed by atoms with E-state index < -0.39 is 0 Å². The normalized spacial score (nSPS) is 28.3. The van der Waals surface area contributed by atoms with Gasteiger partial charge in [0.05, 0.1) is 5.69 Å². The van der Waals surface area contributed by atoms with Gasteiger partial charge in [-0.25, -0.2) is 4.79 Å². The Balaban J connectivity index is 1.28. The zero-order valence-corrected chi connectivity index (χ0v) is 16.4. The number of hydrogen-bond acceptors (Lipinski definition) is 6. The number of aromatic nitrogens is 2. The molecule has 0 amide bonds. The van der Waals surface area contributed by atoms with E-state index in [1.54, 1.807) is 4.57 Å². The summed E-state index contributed by atoms with van der Waals surface area (Å²) >= 11 is 0. The third-order valence-corrected chi connectivity index (χ3v) is 6.98. The van der Waals surface area contributed by atoms with Crippen LogP contribution in [0, 0.1) is 5.41 Å². The molecular weight excluding hydrogens is 352 g/mol. The predicted molar refractivity (Wildman–Crippen MR) is 110 cm³/mol. The van der Waals surface area contributed by atoms with Gasteiger partial charge in [0.1, 0.15) is 5.82 Å². The number of fused-ring (bicyclic) bond motifs is 1. The van der Waals surface area contributed by atoms with Gasteiger partial charge >= 0.3 is 5.69 Å². The van der Waals surface area contributed by atoms with Gasteiger partial charge in [0, 0.05) is 49.9 Å². The lowest BCUT2D eigenvalue weighted by Crippen LogP contribution is -2.44. The second kappa shape index (κ2) is 6.40. The number of benzene rings is 1. The Bertz CT molecular complexity index is 925. The third kappa shape index (κ3) is 2.77. The monoisotopic (exact) mass is 380 g/mol. The Labute approximate surface area is 165 Å². The van der Waals surface area contributed by atoms with Crippen LogP contribution in [-0.2, 0) is 6.54 Å². The van der Waals surface area contributed by atoms with Crippen LogP contribution in [0.5, 0.6) is 0 Å². The van der Waals surface area contributed by atoms with Crippen molar-refractivity contribution in [2.75, 3.05) is 44.7 Å². The highest BCUT2D eigenvalue weighted by Crippen LogP contribution is 2.80. The molecule has 0 atom stereocenters. The van der Waals surface area contributed by atoms with Crippen molar-refractivity contribution in [1.82, 2.24) is 19.8 Å². The lowest BCUT2D eigenvalue weighted by Gasteiger charge is -2.28. The summed E-state index contributed by atoms with van der Waals surface area (Å²) < 4.78 is 1.61. The fourth-order valence-corrected chi connectivity index (χ4v) is 4.84. The standard InChI is InChI=1S/C21H28N6O/c1-25(21-13-20(21,14-21)15-22)12-16-2-4-17(5-3-16)27-9-6-18(24-19(27)28)26-10-7-23-8-11-26/h2-6,9,23H,7-8,10-15,22H2,1H3. The zero-order chi connectivity index (χ0) is 19.4. The van der Waals surface area contributed by atoms with Crippen molar-refractivity contribution in [2.24, 2.45) is 11.1 Å². The van der Waals surface area contributed by atoms with Crippen molar-refractivity contribution < 1.29 is 0 Å². The molecule has 7 heteroatoms. The fraction of sp³-hybridized carbons (Fsp3) is 0.524. The van der Waals surface area contributed by atoms with Crippen molar-refractivity contribution >= 4 is 5.82 Å². The molecule has 1 aromatic carbocycles. The van der Waals surface area contributed by atoms with Gasteiger partial charge in [-0.05, 0) is 50.2 Å². The smallest absolute Gasteiger partial charge is 0.354 e. The van der Waals surface area contributed by atoms with Gasteiger partial charge in [-0.3, -0.25) is 9.47 Å². The van der Waals surface area contributed by atoms with Crippen molar-refractivity contribution in [3.63, 3.8) is 0 Å². The van der Waals surface area contributed by atoms with Crippen LogP contribution in [0.2, 0.25) is 0 Å². The molecule has 1 saturated heterocycles. The molecule has 1 aromatic heterocycles. The van der Waals surface area contributed by atoms with Gasteiger partial charge in [0.15, 0.2) is 0 Å². The minimum atomic E-state index is -0.233. The van der Waals surface area contributed by atoms with Crippen LogP contribution in [0.1, 0.15) is 18.4 Å². The Morgan fingerprint density at radius 2 is 1.89 bits per heavy atom. The molecule has 2 saturated carbocycles. The van der Waals surface area contributed by atoms with Crippen LogP contribution in [0.4, 0.5) is 5.82 Å². The first kappa shape index (κ1) is 17.8. The van der Waals surface area contributed by atoms with Crippen molar-refractivity contribution in [1.29, 1.82) is 0 Å². The van der Waals surface area contributed by atoms with Gasteiger partial charge in [0.2, 0.25) is 0 Å². The summed E-state index contributed by atoms with van der Waals surface area (Å²) in [4.78, 5) is 21.4. The summed E-state index contributed by atoms with van der Waals surface area (Å²) in [7, 11) is 2.20. The van der Waals surface area contributed by atoms with E-state index in [-0.39, 0.29) is 5.69 Å². The van der Waals surface area contributed by atoms with Gasteiger partial charge in [-0.2, -0.15) is 4.98 Å². The molecule has 3 N–H and O–H groups in total. The number of hydrogen-bond donors (Lipinski definition) is 2. The summed E-state index contributed by atoms with van der Waals surface area (Å²) in [6.07, 6.45) is 4.31. The molecule has 0 bridgehead atoms. The third-order valence-electron chi connectivity index (χ3n) is 6.98. The second-order valence-corrected chi connectivity index (χ2v) is 8.57. The van der Waals surface area contributed by atoms with Gasteiger partial charge in [-0.1, -0.05) is 12.1 Å². The first-order valence-electron chi connectivity index (χ1n) is 10.1. The summed E-state index contributed by atoms with van der Waals surface area (Å²) in [6, 6.07) is 10.1. The molecule has 7 nitrogen and oxygen atoms in total. The van der Waals surface area contributed by atoms with E-state index >= 15 is 0 Å². The van der Waals surface area contributed by atoms with Gasteiger partial charge in [0.25, 0.3) is 0 Å². The Morgan fingerprint density at radius 1 is 1.18 bits per heavy atom. The van der Waals surface area contributed by atoms with E-state index in [1.165, 1.54) is 18.4 Å².